The highest BCUT2D eigenvalue weighted by Gasteiger charge is 2.17. The highest BCUT2D eigenvalue weighted by atomic mass is 32.2. The van der Waals surface area contributed by atoms with Crippen molar-refractivity contribution >= 4 is 10.1 Å². The molecule has 0 aliphatic rings. The van der Waals surface area contributed by atoms with Gasteiger partial charge in [-0.2, -0.15) is 8.42 Å². The lowest BCUT2D eigenvalue weighted by Crippen LogP contribution is -2.01. The van der Waals surface area contributed by atoms with Crippen LogP contribution in [0.15, 0.2) is 47.4 Å². The Balaban J connectivity index is 1.73. The summed E-state index contributed by atoms with van der Waals surface area (Å²) in [4.78, 5) is -0.282. The van der Waals surface area contributed by atoms with Crippen molar-refractivity contribution in [1.82, 2.24) is 0 Å². The van der Waals surface area contributed by atoms with E-state index in [2.05, 4.69) is 6.92 Å². The monoisotopic (exact) mass is 462 g/mol. The first kappa shape index (κ1) is 26.2. The first-order valence-electron chi connectivity index (χ1n) is 12.0. The van der Waals surface area contributed by atoms with E-state index in [0.717, 1.165) is 24.8 Å². The van der Waals surface area contributed by atoms with Gasteiger partial charge in [-0.3, -0.25) is 4.55 Å². The highest BCUT2D eigenvalue weighted by molar-refractivity contribution is 7.86. The van der Waals surface area contributed by atoms with Crippen LogP contribution >= 0.6 is 0 Å². The minimum Gasteiger partial charge on any atom is -0.508 e. The molecular weight excluding hydrogens is 424 g/mol. The van der Waals surface area contributed by atoms with Gasteiger partial charge in [0.1, 0.15) is 22.1 Å². The predicted octanol–water partition coefficient (Wildman–Crippen LogP) is 7.67. The summed E-state index contributed by atoms with van der Waals surface area (Å²) in [5.74, 6) is 0.688. The van der Waals surface area contributed by atoms with Crippen LogP contribution in [0, 0.1) is 0 Å². The van der Waals surface area contributed by atoms with Crippen molar-refractivity contribution in [3.8, 4) is 17.2 Å². The molecule has 0 bridgehead atoms. The van der Waals surface area contributed by atoms with Crippen molar-refractivity contribution in [2.45, 2.75) is 95.3 Å². The lowest BCUT2D eigenvalue weighted by molar-refractivity contribution is 0.442. The second-order valence-corrected chi connectivity index (χ2v) is 9.84. The second-order valence-electron chi connectivity index (χ2n) is 8.45. The van der Waals surface area contributed by atoms with E-state index in [1.165, 1.54) is 82.4 Å². The van der Waals surface area contributed by atoms with Gasteiger partial charge in [0.2, 0.25) is 0 Å². The zero-order valence-electron chi connectivity index (χ0n) is 19.3. The molecular formula is C26H38O5S. The van der Waals surface area contributed by atoms with E-state index in [0.29, 0.717) is 5.75 Å². The number of phenols is 1. The van der Waals surface area contributed by atoms with E-state index in [-0.39, 0.29) is 16.4 Å². The molecule has 178 valence electrons. The minimum absolute atomic E-state index is 0.0528. The number of rotatable bonds is 16. The average molecular weight is 463 g/mol. The molecule has 0 aliphatic heterocycles. The van der Waals surface area contributed by atoms with Crippen LogP contribution in [0.3, 0.4) is 0 Å². The Morgan fingerprint density at radius 2 is 1.34 bits per heavy atom. The standard InChI is InChI=1S/C26H38O5S/c1-2-3-4-5-6-7-8-9-10-11-12-13-16-22-21-23(19-20-24(22)27)31-25-17-14-15-18-26(25)32(28,29)30/h14-15,17-21,27H,2-13,16H2,1H3,(H,28,29,30). The molecule has 0 aliphatic carbocycles. The number of aromatic hydroxyl groups is 1. The largest absolute Gasteiger partial charge is 0.508 e. The van der Waals surface area contributed by atoms with Crippen molar-refractivity contribution in [2.75, 3.05) is 0 Å². The number of hydrogen-bond donors (Lipinski definition) is 2. The van der Waals surface area contributed by atoms with Crippen molar-refractivity contribution < 1.29 is 22.8 Å². The normalized spacial score (nSPS) is 11.6. The molecule has 0 saturated carbocycles. The second kappa shape index (κ2) is 14.2. The molecule has 0 saturated heterocycles. The van der Waals surface area contributed by atoms with Gasteiger partial charge >= 0.3 is 0 Å². The molecule has 0 unspecified atom stereocenters. The first-order valence-corrected chi connectivity index (χ1v) is 13.4. The Hall–Kier alpha value is -2.05. The third-order valence-electron chi connectivity index (χ3n) is 5.71. The van der Waals surface area contributed by atoms with Crippen LogP contribution in [0.25, 0.3) is 0 Å². The molecule has 6 heteroatoms. The van der Waals surface area contributed by atoms with Gasteiger partial charge in [-0.05, 0) is 48.7 Å². The summed E-state index contributed by atoms with van der Waals surface area (Å²) in [6.45, 7) is 2.25. The SMILES string of the molecule is CCCCCCCCCCCCCCc1cc(Oc2ccccc2S(=O)(=O)O)ccc1O. The maximum Gasteiger partial charge on any atom is 0.298 e. The number of phenolic OH excluding ortho intramolecular Hbond substituents is 1. The van der Waals surface area contributed by atoms with Crippen LogP contribution in [0.1, 0.15) is 89.5 Å². The van der Waals surface area contributed by atoms with Gasteiger partial charge in [-0.15, -0.1) is 0 Å². The van der Waals surface area contributed by atoms with Crippen molar-refractivity contribution in [1.29, 1.82) is 0 Å². The smallest absolute Gasteiger partial charge is 0.298 e. The van der Waals surface area contributed by atoms with Crippen LogP contribution in [0.5, 0.6) is 17.2 Å². The quantitative estimate of drug-likeness (QED) is 0.197. The van der Waals surface area contributed by atoms with Gasteiger partial charge in [-0.1, -0.05) is 89.7 Å². The molecule has 2 rings (SSSR count). The van der Waals surface area contributed by atoms with E-state index in [4.69, 9.17) is 4.74 Å². The molecule has 0 spiro atoms. The topological polar surface area (TPSA) is 83.8 Å². The lowest BCUT2D eigenvalue weighted by Gasteiger charge is -2.11. The molecule has 0 radical (unpaired) electrons. The molecule has 32 heavy (non-hydrogen) atoms. The fourth-order valence-electron chi connectivity index (χ4n) is 3.86. The predicted molar refractivity (Wildman–Crippen MR) is 129 cm³/mol. The Labute approximate surface area is 193 Å². The fourth-order valence-corrected chi connectivity index (χ4v) is 4.47. The van der Waals surface area contributed by atoms with Gasteiger partial charge in [0.25, 0.3) is 10.1 Å². The first-order chi connectivity index (χ1) is 15.4. The van der Waals surface area contributed by atoms with Gasteiger partial charge < -0.3 is 9.84 Å². The summed E-state index contributed by atoms with van der Waals surface area (Å²) in [5, 5.41) is 10.2. The molecule has 0 heterocycles. The molecule has 0 atom stereocenters. The average Bonchev–Trinajstić information content (AvgIpc) is 2.76. The molecule has 2 aromatic rings. The van der Waals surface area contributed by atoms with Crippen LogP contribution in [0.4, 0.5) is 0 Å². The Morgan fingerprint density at radius 3 is 1.94 bits per heavy atom. The van der Waals surface area contributed by atoms with Crippen molar-refractivity contribution in [3.63, 3.8) is 0 Å². The Bertz CT molecular complexity index is 908. The molecule has 5 nitrogen and oxygen atoms in total. The van der Waals surface area contributed by atoms with Crippen LogP contribution in [-0.2, 0) is 16.5 Å². The van der Waals surface area contributed by atoms with Crippen molar-refractivity contribution in [3.05, 3.63) is 48.0 Å². The Morgan fingerprint density at radius 1 is 0.781 bits per heavy atom. The maximum atomic E-state index is 11.5. The zero-order valence-corrected chi connectivity index (χ0v) is 20.1. The molecule has 2 aromatic carbocycles. The summed E-state index contributed by atoms with van der Waals surface area (Å²) < 4.78 is 38.2. The number of aryl methyl sites for hydroxylation is 1. The third kappa shape index (κ3) is 9.61. The molecule has 0 aromatic heterocycles. The van der Waals surface area contributed by atoms with Gasteiger partial charge in [0.15, 0.2) is 0 Å². The minimum atomic E-state index is -4.38. The molecule has 0 fully saturated rings. The van der Waals surface area contributed by atoms with E-state index < -0.39 is 10.1 Å². The van der Waals surface area contributed by atoms with Crippen LogP contribution < -0.4 is 4.74 Å². The number of ether oxygens (including phenoxy) is 1. The zero-order chi connectivity index (χ0) is 23.2. The van der Waals surface area contributed by atoms with Gasteiger partial charge in [0.05, 0.1) is 0 Å². The van der Waals surface area contributed by atoms with E-state index in [1.807, 2.05) is 0 Å². The van der Waals surface area contributed by atoms with Crippen LogP contribution in [-0.4, -0.2) is 18.1 Å². The number of unbranched alkanes of at least 4 members (excludes halogenated alkanes) is 11. The van der Waals surface area contributed by atoms with Gasteiger partial charge in [-0.25, -0.2) is 0 Å². The Kier molecular flexibility index (Phi) is 11.6. The summed E-state index contributed by atoms with van der Waals surface area (Å²) in [7, 11) is -4.38. The van der Waals surface area contributed by atoms with Crippen LogP contribution in [0.2, 0.25) is 0 Å². The van der Waals surface area contributed by atoms with E-state index >= 15 is 0 Å². The highest BCUT2D eigenvalue weighted by Crippen LogP contribution is 2.31. The van der Waals surface area contributed by atoms with E-state index in [9.17, 15) is 18.1 Å². The summed E-state index contributed by atoms with van der Waals surface area (Å²) >= 11 is 0. The number of hydrogen-bond acceptors (Lipinski definition) is 4. The summed E-state index contributed by atoms with van der Waals surface area (Å²) in [5.41, 5.74) is 0.777. The lowest BCUT2D eigenvalue weighted by atomic mass is 10.0. The summed E-state index contributed by atoms with van der Waals surface area (Å²) in [6.07, 6.45) is 16.1. The third-order valence-corrected chi connectivity index (χ3v) is 6.60. The molecule has 2 N–H and O–H groups in total. The number of benzene rings is 2. The maximum absolute atomic E-state index is 11.5. The summed E-state index contributed by atoms with van der Waals surface area (Å²) in [6, 6.07) is 10.8. The number of para-hydroxylation sites is 1. The van der Waals surface area contributed by atoms with E-state index in [1.54, 1.807) is 24.3 Å². The van der Waals surface area contributed by atoms with Crippen molar-refractivity contribution in [2.24, 2.45) is 0 Å². The van der Waals surface area contributed by atoms with Gasteiger partial charge in [0, 0.05) is 0 Å². The molecule has 0 amide bonds. The fraction of sp³-hybridized carbons (Fsp3) is 0.538.